The molecule has 0 bridgehead atoms. The highest BCUT2D eigenvalue weighted by Gasteiger charge is 2.12. The summed E-state index contributed by atoms with van der Waals surface area (Å²) in [7, 11) is 0. The second-order valence-electron chi connectivity index (χ2n) is 12.6. The highest BCUT2D eigenvalue weighted by atomic mass is 16.6. The predicted molar refractivity (Wildman–Crippen MR) is 192 cm³/mol. The highest BCUT2D eigenvalue weighted by Crippen LogP contribution is 2.14. The minimum absolute atomic E-state index is 0.151. The smallest absolute Gasteiger partial charge is 0.305 e. The molecule has 0 saturated carbocycles. The van der Waals surface area contributed by atoms with Crippen molar-refractivity contribution in [2.45, 2.75) is 161 Å². The summed E-state index contributed by atoms with van der Waals surface area (Å²) in [6, 6.07) is 0. The van der Waals surface area contributed by atoms with Gasteiger partial charge in [-0.3, -0.25) is 9.59 Å². The molecule has 0 aliphatic heterocycles. The Balaban J connectivity index is 3.64. The van der Waals surface area contributed by atoms with Gasteiger partial charge < -0.3 is 19.7 Å². The fraction of sp³-hybridized carbons (Fsp3) is 0.700. The molecule has 0 aromatic heterocycles. The summed E-state index contributed by atoms with van der Waals surface area (Å²) in [5.74, 6) is 0.154. The molecule has 6 nitrogen and oxygen atoms in total. The number of allylic oxidation sites excluding steroid dienone is 8. The lowest BCUT2D eigenvalue weighted by Crippen LogP contribution is -2.25. The third-order valence-corrected chi connectivity index (χ3v) is 7.53. The van der Waals surface area contributed by atoms with Crippen LogP contribution in [0.1, 0.15) is 149 Å². The van der Waals surface area contributed by atoms with Crippen LogP contribution in [0.4, 0.5) is 0 Å². The average Bonchev–Trinajstić information content (AvgIpc) is 3.03. The molecular weight excluding hydrogens is 576 g/mol. The van der Waals surface area contributed by atoms with Crippen molar-refractivity contribution in [1.82, 2.24) is 0 Å². The number of ether oxygens (including phenoxy) is 2. The molecule has 0 heterocycles. The van der Waals surface area contributed by atoms with E-state index < -0.39 is 12.2 Å². The van der Waals surface area contributed by atoms with Crippen LogP contribution >= 0.6 is 0 Å². The average molecular weight is 645 g/mol. The van der Waals surface area contributed by atoms with Crippen LogP contribution in [0.2, 0.25) is 0 Å². The number of hydrogen-bond acceptors (Lipinski definition) is 6. The van der Waals surface area contributed by atoms with Gasteiger partial charge in [0, 0.05) is 12.8 Å². The van der Waals surface area contributed by atoms with E-state index in [4.69, 9.17) is 9.47 Å². The number of esters is 2. The summed E-state index contributed by atoms with van der Waals surface area (Å²) in [5, 5.41) is 19.9. The maximum atomic E-state index is 11.9. The van der Waals surface area contributed by atoms with Gasteiger partial charge in [0.15, 0.2) is 0 Å². The number of hydrogen-bond donors (Lipinski definition) is 2. The van der Waals surface area contributed by atoms with E-state index in [9.17, 15) is 19.8 Å². The van der Waals surface area contributed by atoms with Crippen LogP contribution in [0.5, 0.6) is 0 Å². The molecule has 6 heteroatoms. The van der Waals surface area contributed by atoms with Crippen molar-refractivity contribution in [3.8, 4) is 0 Å². The molecule has 0 fully saturated rings. The molecule has 0 aliphatic rings. The first-order valence-electron chi connectivity index (χ1n) is 18.3. The van der Waals surface area contributed by atoms with Gasteiger partial charge in [0.1, 0.15) is 19.3 Å². The van der Waals surface area contributed by atoms with Crippen molar-refractivity contribution in [2.75, 3.05) is 13.2 Å². The van der Waals surface area contributed by atoms with Crippen LogP contribution in [-0.4, -0.2) is 47.6 Å². The van der Waals surface area contributed by atoms with Crippen molar-refractivity contribution < 1.29 is 29.3 Å². The molecule has 0 amide bonds. The summed E-state index contributed by atoms with van der Waals surface area (Å²) in [6.45, 7) is 6.38. The molecule has 2 N–H and O–H groups in total. The van der Waals surface area contributed by atoms with Crippen LogP contribution in [0, 0.1) is 5.92 Å². The van der Waals surface area contributed by atoms with Gasteiger partial charge >= 0.3 is 11.9 Å². The van der Waals surface area contributed by atoms with E-state index >= 15 is 0 Å². The molecular formula is C40H68O6. The van der Waals surface area contributed by atoms with Crippen molar-refractivity contribution >= 4 is 11.9 Å². The van der Waals surface area contributed by atoms with Gasteiger partial charge in [-0.05, 0) is 50.9 Å². The van der Waals surface area contributed by atoms with Gasteiger partial charge in [-0.25, -0.2) is 0 Å². The van der Waals surface area contributed by atoms with E-state index in [1.54, 1.807) is 6.08 Å². The molecule has 2 atom stereocenters. The predicted octanol–water partition coefficient (Wildman–Crippen LogP) is 10.1. The SMILES string of the molecule is CC/C=C\C/C=C\CC(O)/C=C/C=C\C/C=C\CCCC(=O)OC[C@H](O)COC(=O)CCCCCCCCCCCCCC(C)C. The Labute approximate surface area is 282 Å². The minimum Gasteiger partial charge on any atom is -0.463 e. The molecule has 0 radical (unpaired) electrons. The monoisotopic (exact) mass is 645 g/mol. The van der Waals surface area contributed by atoms with Crippen LogP contribution in [0.15, 0.2) is 60.8 Å². The molecule has 0 rings (SSSR count). The Hall–Kier alpha value is -2.44. The molecule has 0 spiro atoms. The highest BCUT2D eigenvalue weighted by molar-refractivity contribution is 5.69. The maximum absolute atomic E-state index is 11.9. The zero-order chi connectivity index (χ0) is 33.9. The molecule has 0 aromatic rings. The van der Waals surface area contributed by atoms with Crippen molar-refractivity contribution in [2.24, 2.45) is 5.92 Å². The number of unbranched alkanes of at least 4 members (excludes halogenated alkanes) is 11. The molecule has 0 saturated heterocycles. The van der Waals surface area contributed by atoms with Gasteiger partial charge in [-0.1, -0.05) is 152 Å². The first-order chi connectivity index (χ1) is 22.3. The van der Waals surface area contributed by atoms with E-state index in [0.717, 1.165) is 50.9 Å². The first-order valence-corrected chi connectivity index (χ1v) is 18.3. The fourth-order valence-electron chi connectivity index (χ4n) is 4.74. The standard InChI is InChI=1S/C40H68O6/c1-4-5-6-7-20-25-30-37(41)31-26-21-16-13-14-18-23-28-33-40(44)46-35-38(42)34-45-39(43)32-27-22-17-12-10-8-9-11-15-19-24-29-36(2)3/h5-6,14,16,18,20-21,25-26,31,36-38,41-42H,4,7-13,15,17,19,22-24,27-30,32-35H2,1-3H3/b6-5-,18-14-,21-16-,25-20-,31-26+/t37?,38-/m1/s1. The van der Waals surface area contributed by atoms with E-state index in [-0.39, 0.29) is 31.6 Å². The Bertz CT molecular complexity index is 854. The number of carbonyl (C=O) groups excluding carboxylic acids is 2. The minimum atomic E-state index is -1.01. The second kappa shape index (κ2) is 33.9. The summed E-state index contributed by atoms with van der Waals surface area (Å²) < 4.78 is 10.2. The Morgan fingerprint density at radius 2 is 1.13 bits per heavy atom. The van der Waals surface area contributed by atoms with Crippen LogP contribution in [-0.2, 0) is 19.1 Å². The Morgan fingerprint density at radius 1 is 0.609 bits per heavy atom. The van der Waals surface area contributed by atoms with Gasteiger partial charge in [0.25, 0.3) is 0 Å². The number of rotatable bonds is 31. The lowest BCUT2D eigenvalue weighted by atomic mass is 10.0. The summed E-state index contributed by atoms with van der Waals surface area (Å²) in [6.07, 6.45) is 38.8. The van der Waals surface area contributed by atoms with Crippen LogP contribution in [0.25, 0.3) is 0 Å². The van der Waals surface area contributed by atoms with Crippen LogP contribution < -0.4 is 0 Å². The molecule has 264 valence electrons. The number of carbonyl (C=O) groups is 2. The topological polar surface area (TPSA) is 93.1 Å². The zero-order valence-corrected chi connectivity index (χ0v) is 29.6. The summed E-state index contributed by atoms with van der Waals surface area (Å²) in [5.41, 5.74) is 0. The van der Waals surface area contributed by atoms with E-state index in [0.29, 0.717) is 19.3 Å². The van der Waals surface area contributed by atoms with Crippen LogP contribution in [0.3, 0.4) is 0 Å². The van der Waals surface area contributed by atoms with Gasteiger partial charge in [0.05, 0.1) is 6.10 Å². The summed E-state index contributed by atoms with van der Waals surface area (Å²) >= 11 is 0. The zero-order valence-electron chi connectivity index (χ0n) is 29.6. The Kier molecular flexibility index (Phi) is 32.1. The number of aliphatic hydroxyl groups is 2. The van der Waals surface area contributed by atoms with Gasteiger partial charge in [-0.15, -0.1) is 0 Å². The lowest BCUT2D eigenvalue weighted by molar-refractivity contribution is -0.152. The maximum Gasteiger partial charge on any atom is 0.305 e. The fourth-order valence-corrected chi connectivity index (χ4v) is 4.74. The molecule has 0 aromatic carbocycles. The van der Waals surface area contributed by atoms with Crippen molar-refractivity contribution in [3.63, 3.8) is 0 Å². The summed E-state index contributed by atoms with van der Waals surface area (Å²) in [4.78, 5) is 23.9. The molecule has 46 heavy (non-hydrogen) atoms. The first kappa shape index (κ1) is 43.6. The lowest BCUT2D eigenvalue weighted by Gasteiger charge is -2.12. The molecule has 0 aliphatic carbocycles. The van der Waals surface area contributed by atoms with E-state index in [1.165, 1.54) is 57.8 Å². The largest absolute Gasteiger partial charge is 0.463 e. The normalized spacial score (nSPS) is 13.7. The van der Waals surface area contributed by atoms with Crippen molar-refractivity contribution in [1.29, 1.82) is 0 Å². The number of aliphatic hydroxyl groups excluding tert-OH is 2. The second-order valence-corrected chi connectivity index (χ2v) is 12.6. The quantitative estimate of drug-likeness (QED) is 0.0338. The third-order valence-electron chi connectivity index (χ3n) is 7.53. The van der Waals surface area contributed by atoms with Gasteiger partial charge in [0.2, 0.25) is 0 Å². The third kappa shape index (κ3) is 34.4. The van der Waals surface area contributed by atoms with Crippen molar-refractivity contribution in [3.05, 3.63) is 60.8 Å². The van der Waals surface area contributed by atoms with Gasteiger partial charge in [-0.2, -0.15) is 0 Å². The van der Waals surface area contributed by atoms with E-state index in [2.05, 4.69) is 39.0 Å². The Morgan fingerprint density at radius 3 is 1.74 bits per heavy atom. The molecule has 1 unspecified atom stereocenters. The van der Waals surface area contributed by atoms with E-state index in [1.807, 2.05) is 36.5 Å².